The Balaban J connectivity index is 1.80. The van der Waals surface area contributed by atoms with Gasteiger partial charge in [-0.05, 0) is 42.2 Å². The minimum absolute atomic E-state index is 0.109. The van der Waals surface area contributed by atoms with Gasteiger partial charge in [0.05, 0.1) is 6.10 Å². The van der Waals surface area contributed by atoms with E-state index in [0.29, 0.717) is 18.7 Å². The largest absolute Gasteiger partial charge is 0.393 e. The average Bonchev–Trinajstić information content (AvgIpc) is 2.96. The first-order chi connectivity index (χ1) is 11.0. The molecular formula is C19H22N2O2. The normalized spacial score (nSPS) is 14.0. The molecule has 0 saturated carbocycles. The first-order valence-corrected chi connectivity index (χ1v) is 8.01. The Morgan fingerprint density at radius 2 is 1.96 bits per heavy atom. The van der Waals surface area contributed by atoms with Gasteiger partial charge in [0.15, 0.2) is 0 Å². The maximum absolute atomic E-state index is 12.3. The molecule has 0 fully saturated rings. The number of amides is 1. The molecule has 0 spiro atoms. The number of aliphatic hydroxyl groups excluding tert-OH is 1. The zero-order chi connectivity index (χ0) is 16.4. The number of carbonyl (C=O) groups excluding carboxylic acids is 1. The van der Waals surface area contributed by atoms with Gasteiger partial charge in [-0.25, -0.2) is 0 Å². The van der Waals surface area contributed by atoms with E-state index in [1.807, 2.05) is 31.2 Å². The lowest BCUT2D eigenvalue weighted by atomic mass is 10.0. The molecule has 0 bridgehead atoms. The molecule has 0 aliphatic carbocycles. The van der Waals surface area contributed by atoms with Gasteiger partial charge in [0.25, 0.3) is 5.91 Å². The summed E-state index contributed by atoms with van der Waals surface area (Å²) in [5.41, 5.74) is 1.53. The van der Waals surface area contributed by atoms with Crippen molar-refractivity contribution < 1.29 is 9.90 Å². The number of benzene rings is 2. The van der Waals surface area contributed by atoms with Gasteiger partial charge in [0.1, 0.15) is 5.69 Å². The standard InChI is InChI=1S/C19H22N2O2/c1-12(9-13(2)22)11-20-19(23)18-10-16-15-6-4-3-5-14(15)7-8-17(16)21-18/h3-8,10,12-13,21-22H,9,11H2,1-2H3,(H,20,23). The fourth-order valence-corrected chi connectivity index (χ4v) is 3.04. The number of fused-ring (bicyclic) bond motifs is 3. The van der Waals surface area contributed by atoms with Gasteiger partial charge in [-0.1, -0.05) is 37.3 Å². The van der Waals surface area contributed by atoms with Crippen molar-refractivity contribution in [1.82, 2.24) is 10.3 Å². The molecule has 2 atom stereocenters. The molecule has 3 aromatic rings. The number of aromatic amines is 1. The maximum atomic E-state index is 12.3. The maximum Gasteiger partial charge on any atom is 0.267 e. The zero-order valence-electron chi connectivity index (χ0n) is 13.5. The van der Waals surface area contributed by atoms with Crippen molar-refractivity contribution in [3.05, 3.63) is 48.2 Å². The van der Waals surface area contributed by atoms with Crippen LogP contribution in [0.15, 0.2) is 42.5 Å². The molecule has 4 nitrogen and oxygen atoms in total. The van der Waals surface area contributed by atoms with Crippen molar-refractivity contribution in [2.24, 2.45) is 5.92 Å². The summed E-state index contributed by atoms with van der Waals surface area (Å²) in [5, 5.41) is 15.7. The molecule has 0 radical (unpaired) electrons. The van der Waals surface area contributed by atoms with E-state index in [4.69, 9.17) is 0 Å². The molecule has 23 heavy (non-hydrogen) atoms. The zero-order valence-corrected chi connectivity index (χ0v) is 13.5. The van der Waals surface area contributed by atoms with Crippen LogP contribution in [-0.4, -0.2) is 28.6 Å². The Morgan fingerprint density at radius 3 is 2.74 bits per heavy atom. The third-order valence-corrected chi connectivity index (χ3v) is 4.13. The summed E-state index contributed by atoms with van der Waals surface area (Å²) in [7, 11) is 0. The van der Waals surface area contributed by atoms with E-state index in [-0.39, 0.29) is 17.9 Å². The third kappa shape index (κ3) is 3.37. The summed E-state index contributed by atoms with van der Waals surface area (Å²) >= 11 is 0. The van der Waals surface area contributed by atoms with Crippen LogP contribution < -0.4 is 5.32 Å². The highest BCUT2D eigenvalue weighted by atomic mass is 16.3. The van der Waals surface area contributed by atoms with Crippen LogP contribution in [0.4, 0.5) is 0 Å². The van der Waals surface area contributed by atoms with Gasteiger partial charge in [-0.2, -0.15) is 0 Å². The van der Waals surface area contributed by atoms with Crippen molar-refractivity contribution >= 4 is 27.6 Å². The lowest BCUT2D eigenvalue weighted by Gasteiger charge is -2.13. The smallest absolute Gasteiger partial charge is 0.267 e. The number of H-pyrrole nitrogens is 1. The second-order valence-electron chi connectivity index (χ2n) is 6.33. The molecular weight excluding hydrogens is 288 g/mol. The SMILES string of the molecule is CC(O)CC(C)CNC(=O)c1cc2c(ccc3ccccc32)[nH]1. The molecule has 3 rings (SSSR count). The van der Waals surface area contributed by atoms with Crippen LogP contribution >= 0.6 is 0 Å². The number of aromatic nitrogens is 1. The van der Waals surface area contributed by atoms with E-state index in [9.17, 15) is 9.90 Å². The number of hydrogen-bond donors (Lipinski definition) is 3. The van der Waals surface area contributed by atoms with Crippen molar-refractivity contribution in [2.45, 2.75) is 26.4 Å². The molecule has 0 saturated heterocycles. The van der Waals surface area contributed by atoms with Crippen LogP contribution in [-0.2, 0) is 0 Å². The van der Waals surface area contributed by atoms with Crippen molar-refractivity contribution in [1.29, 1.82) is 0 Å². The van der Waals surface area contributed by atoms with Crippen LogP contribution in [0.1, 0.15) is 30.8 Å². The fraction of sp³-hybridized carbons (Fsp3) is 0.316. The third-order valence-electron chi connectivity index (χ3n) is 4.13. The average molecular weight is 310 g/mol. The number of carbonyl (C=O) groups is 1. The molecule has 0 aliphatic rings. The molecule has 120 valence electrons. The molecule has 4 heteroatoms. The Morgan fingerprint density at radius 1 is 1.17 bits per heavy atom. The number of nitrogens with one attached hydrogen (secondary N) is 2. The van der Waals surface area contributed by atoms with E-state index in [0.717, 1.165) is 21.7 Å². The second kappa shape index (κ2) is 6.42. The van der Waals surface area contributed by atoms with Crippen LogP contribution in [0, 0.1) is 5.92 Å². The van der Waals surface area contributed by atoms with E-state index >= 15 is 0 Å². The Hall–Kier alpha value is -2.33. The van der Waals surface area contributed by atoms with Gasteiger partial charge >= 0.3 is 0 Å². The topological polar surface area (TPSA) is 65.1 Å². The molecule has 1 heterocycles. The molecule has 2 aromatic carbocycles. The van der Waals surface area contributed by atoms with E-state index in [1.54, 1.807) is 6.92 Å². The van der Waals surface area contributed by atoms with Crippen LogP contribution in [0.3, 0.4) is 0 Å². The van der Waals surface area contributed by atoms with Crippen LogP contribution in [0.2, 0.25) is 0 Å². The molecule has 1 amide bonds. The number of hydrogen-bond acceptors (Lipinski definition) is 2. The highest BCUT2D eigenvalue weighted by molar-refractivity contribution is 6.09. The van der Waals surface area contributed by atoms with E-state index < -0.39 is 0 Å². The van der Waals surface area contributed by atoms with Gasteiger partial charge in [-0.3, -0.25) is 4.79 Å². The highest BCUT2D eigenvalue weighted by Crippen LogP contribution is 2.25. The highest BCUT2D eigenvalue weighted by Gasteiger charge is 2.13. The fourth-order valence-electron chi connectivity index (χ4n) is 3.04. The lowest BCUT2D eigenvalue weighted by molar-refractivity contribution is 0.0935. The first kappa shape index (κ1) is 15.6. The Kier molecular flexibility index (Phi) is 4.35. The summed E-state index contributed by atoms with van der Waals surface area (Å²) in [6.07, 6.45) is 0.332. The number of rotatable bonds is 5. The van der Waals surface area contributed by atoms with Crippen molar-refractivity contribution in [3.8, 4) is 0 Å². The monoisotopic (exact) mass is 310 g/mol. The van der Waals surface area contributed by atoms with Crippen molar-refractivity contribution in [2.75, 3.05) is 6.54 Å². The van der Waals surface area contributed by atoms with Crippen LogP contribution in [0.25, 0.3) is 21.7 Å². The first-order valence-electron chi connectivity index (χ1n) is 8.01. The van der Waals surface area contributed by atoms with Crippen LogP contribution in [0.5, 0.6) is 0 Å². The van der Waals surface area contributed by atoms with Gasteiger partial charge in [0.2, 0.25) is 0 Å². The summed E-state index contributed by atoms with van der Waals surface area (Å²) < 4.78 is 0. The van der Waals surface area contributed by atoms with E-state index in [2.05, 4.69) is 28.5 Å². The summed E-state index contributed by atoms with van der Waals surface area (Å²) in [6, 6.07) is 14.1. The number of aliphatic hydroxyl groups is 1. The second-order valence-corrected chi connectivity index (χ2v) is 6.33. The predicted molar refractivity (Wildman–Crippen MR) is 93.6 cm³/mol. The van der Waals surface area contributed by atoms with Gasteiger partial charge in [-0.15, -0.1) is 0 Å². The predicted octanol–water partition coefficient (Wildman–Crippen LogP) is 3.46. The summed E-state index contributed by atoms with van der Waals surface area (Å²) in [6.45, 7) is 4.34. The molecule has 3 N–H and O–H groups in total. The molecule has 0 aliphatic heterocycles. The minimum Gasteiger partial charge on any atom is -0.393 e. The van der Waals surface area contributed by atoms with E-state index in [1.165, 1.54) is 0 Å². The van der Waals surface area contributed by atoms with Crippen molar-refractivity contribution in [3.63, 3.8) is 0 Å². The molecule has 1 aromatic heterocycles. The Bertz CT molecular complexity index is 836. The minimum atomic E-state index is -0.346. The van der Waals surface area contributed by atoms with Gasteiger partial charge in [0, 0.05) is 17.4 Å². The van der Waals surface area contributed by atoms with Gasteiger partial charge < -0.3 is 15.4 Å². The quantitative estimate of drug-likeness (QED) is 0.675. The summed E-state index contributed by atoms with van der Waals surface area (Å²) in [4.78, 5) is 15.5. The molecule has 2 unspecified atom stereocenters. The Labute approximate surface area is 135 Å². The summed E-state index contributed by atoms with van der Waals surface area (Å²) in [5.74, 6) is 0.131. The lowest BCUT2D eigenvalue weighted by Crippen LogP contribution is -2.29.